The molecule has 0 amide bonds. The zero-order valence-electron chi connectivity index (χ0n) is 16.3. The van der Waals surface area contributed by atoms with Gasteiger partial charge in [0.25, 0.3) is 0 Å². The zero-order valence-corrected chi connectivity index (χ0v) is 16.3. The minimum atomic E-state index is -0.573. The minimum absolute atomic E-state index is 0.0232. The smallest absolute Gasteiger partial charge is 0.162 e. The standard InChI is InChI=1S/C22H34O3/c1-14(23)22(25-4)12-9-19-17-6-5-15-13-16(24)7-10-20(15,2)18(17)8-11-21(19,22)3/h5,16-19,24H,6-13H2,1-4H3/t16-,17?,18?,19?,20-,21-,22?/m0/s1. The van der Waals surface area contributed by atoms with Crippen LogP contribution in [0.25, 0.3) is 0 Å². The maximum atomic E-state index is 12.6. The molecule has 3 nitrogen and oxygen atoms in total. The first-order chi connectivity index (χ1) is 11.8. The highest BCUT2D eigenvalue weighted by atomic mass is 16.5. The molecule has 3 heteroatoms. The van der Waals surface area contributed by atoms with E-state index >= 15 is 0 Å². The average molecular weight is 347 g/mol. The van der Waals surface area contributed by atoms with Crippen molar-refractivity contribution in [1.82, 2.24) is 0 Å². The molecule has 0 aromatic rings. The van der Waals surface area contributed by atoms with Gasteiger partial charge in [0, 0.05) is 12.5 Å². The van der Waals surface area contributed by atoms with Crippen LogP contribution in [0.15, 0.2) is 11.6 Å². The Bertz CT molecular complexity index is 610. The van der Waals surface area contributed by atoms with Crippen molar-refractivity contribution >= 4 is 5.78 Å². The summed E-state index contributed by atoms with van der Waals surface area (Å²) in [5.41, 5.74) is 1.18. The van der Waals surface area contributed by atoms with Crippen LogP contribution in [0, 0.1) is 28.6 Å². The van der Waals surface area contributed by atoms with Gasteiger partial charge in [-0.3, -0.25) is 4.79 Å². The third kappa shape index (κ3) is 2.15. The maximum Gasteiger partial charge on any atom is 0.162 e. The van der Waals surface area contributed by atoms with Crippen molar-refractivity contribution in [2.45, 2.75) is 83.8 Å². The van der Waals surface area contributed by atoms with E-state index in [9.17, 15) is 9.90 Å². The van der Waals surface area contributed by atoms with E-state index in [0.29, 0.717) is 17.8 Å². The second kappa shape index (κ2) is 5.66. The van der Waals surface area contributed by atoms with Crippen molar-refractivity contribution in [2.75, 3.05) is 7.11 Å². The van der Waals surface area contributed by atoms with Crippen LogP contribution in [-0.2, 0) is 9.53 Å². The summed E-state index contributed by atoms with van der Waals surface area (Å²) in [6, 6.07) is 0. The fourth-order valence-electron chi connectivity index (χ4n) is 7.70. The Morgan fingerprint density at radius 3 is 2.56 bits per heavy atom. The number of ketones is 1. The summed E-state index contributed by atoms with van der Waals surface area (Å²) in [5, 5.41) is 10.1. The number of fused-ring (bicyclic) bond motifs is 5. The van der Waals surface area contributed by atoms with Crippen molar-refractivity contribution in [3.63, 3.8) is 0 Å². The second-order valence-electron chi connectivity index (χ2n) is 9.74. The van der Waals surface area contributed by atoms with Crippen LogP contribution >= 0.6 is 0 Å². The lowest BCUT2D eigenvalue weighted by Crippen LogP contribution is -2.57. The summed E-state index contributed by atoms with van der Waals surface area (Å²) in [7, 11) is 1.74. The average Bonchev–Trinajstić information content (AvgIpc) is 2.89. The van der Waals surface area contributed by atoms with E-state index in [-0.39, 0.29) is 22.7 Å². The van der Waals surface area contributed by atoms with Gasteiger partial charge >= 0.3 is 0 Å². The van der Waals surface area contributed by atoms with Crippen LogP contribution in [0.1, 0.15) is 72.1 Å². The molecule has 4 unspecified atom stereocenters. The van der Waals surface area contributed by atoms with Gasteiger partial charge in [-0.1, -0.05) is 25.5 Å². The van der Waals surface area contributed by atoms with Gasteiger partial charge in [-0.2, -0.15) is 0 Å². The number of hydrogen-bond donors (Lipinski definition) is 1. The summed E-state index contributed by atoms with van der Waals surface area (Å²) in [5.74, 6) is 2.17. The molecule has 0 aliphatic heterocycles. The van der Waals surface area contributed by atoms with Crippen molar-refractivity contribution in [3.05, 3.63) is 11.6 Å². The number of carbonyl (C=O) groups is 1. The number of allylic oxidation sites excluding steroid dienone is 1. The molecule has 0 saturated heterocycles. The molecule has 140 valence electrons. The fourth-order valence-corrected chi connectivity index (χ4v) is 7.70. The highest BCUT2D eigenvalue weighted by molar-refractivity contribution is 5.86. The summed E-state index contributed by atoms with van der Waals surface area (Å²) in [4.78, 5) is 12.6. The molecule has 0 bridgehead atoms. The van der Waals surface area contributed by atoms with Crippen LogP contribution in [0.5, 0.6) is 0 Å². The normalized spacial score (nSPS) is 52.0. The van der Waals surface area contributed by atoms with E-state index < -0.39 is 5.60 Å². The number of ether oxygens (including phenoxy) is 1. The Kier molecular flexibility index (Phi) is 4.01. The van der Waals surface area contributed by atoms with E-state index in [2.05, 4.69) is 19.9 Å². The number of aliphatic hydroxyl groups excluding tert-OH is 1. The molecule has 4 aliphatic rings. The summed E-state index contributed by atoms with van der Waals surface area (Å²) in [6.45, 7) is 6.51. The Morgan fingerprint density at radius 2 is 1.88 bits per heavy atom. The molecular weight excluding hydrogens is 312 g/mol. The number of hydrogen-bond acceptors (Lipinski definition) is 3. The Labute approximate surface area is 152 Å². The van der Waals surface area contributed by atoms with Crippen LogP contribution in [0.2, 0.25) is 0 Å². The predicted molar refractivity (Wildman–Crippen MR) is 98.1 cm³/mol. The van der Waals surface area contributed by atoms with Crippen LogP contribution < -0.4 is 0 Å². The van der Waals surface area contributed by atoms with E-state index in [4.69, 9.17) is 4.74 Å². The SMILES string of the molecule is COC1(C(C)=O)CCC2C3CC=C4C[C@@H](O)CC[C@]4(C)C3CC[C@@]21C. The van der Waals surface area contributed by atoms with Crippen molar-refractivity contribution in [2.24, 2.45) is 28.6 Å². The molecule has 0 radical (unpaired) electrons. The number of methoxy groups -OCH3 is 1. The van der Waals surface area contributed by atoms with Gasteiger partial charge < -0.3 is 9.84 Å². The third-order valence-electron chi connectivity index (χ3n) is 9.11. The number of carbonyl (C=O) groups excluding carboxylic acids is 1. The molecular formula is C22H34O3. The van der Waals surface area contributed by atoms with Crippen molar-refractivity contribution < 1.29 is 14.6 Å². The van der Waals surface area contributed by atoms with Gasteiger partial charge in [-0.15, -0.1) is 0 Å². The molecule has 0 spiro atoms. The lowest BCUT2D eigenvalue weighted by Gasteiger charge is -2.59. The van der Waals surface area contributed by atoms with Crippen LogP contribution in [0.3, 0.4) is 0 Å². The highest BCUT2D eigenvalue weighted by Crippen LogP contribution is 2.67. The minimum Gasteiger partial charge on any atom is -0.393 e. The largest absolute Gasteiger partial charge is 0.393 e. The lowest BCUT2D eigenvalue weighted by atomic mass is 9.46. The van der Waals surface area contributed by atoms with E-state index in [1.54, 1.807) is 14.0 Å². The van der Waals surface area contributed by atoms with Crippen LogP contribution in [-0.4, -0.2) is 29.7 Å². The zero-order chi connectivity index (χ0) is 18.0. The first-order valence-corrected chi connectivity index (χ1v) is 10.2. The second-order valence-corrected chi connectivity index (χ2v) is 9.74. The Balaban J connectivity index is 1.70. The quantitative estimate of drug-likeness (QED) is 0.759. The fraction of sp³-hybridized carbons (Fsp3) is 0.864. The van der Waals surface area contributed by atoms with Gasteiger partial charge in [0.15, 0.2) is 5.78 Å². The molecule has 3 saturated carbocycles. The monoisotopic (exact) mass is 346 g/mol. The first-order valence-electron chi connectivity index (χ1n) is 10.2. The van der Waals surface area contributed by atoms with Crippen molar-refractivity contribution in [1.29, 1.82) is 0 Å². The van der Waals surface area contributed by atoms with E-state index in [1.165, 1.54) is 12.0 Å². The van der Waals surface area contributed by atoms with Gasteiger partial charge in [0.05, 0.1) is 6.10 Å². The molecule has 7 atom stereocenters. The molecule has 3 fully saturated rings. The maximum absolute atomic E-state index is 12.6. The molecule has 0 heterocycles. The molecule has 4 aliphatic carbocycles. The predicted octanol–water partition coefficient (Wildman–Crippen LogP) is 4.28. The lowest BCUT2D eigenvalue weighted by molar-refractivity contribution is -0.167. The molecule has 1 N–H and O–H groups in total. The van der Waals surface area contributed by atoms with Crippen molar-refractivity contribution in [3.8, 4) is 0 Å². The number of Topliss-reactive ketones (excluding diaryl/α,β-unsaturated/α-hetero) is 1. The summed E-state index contributed by atoms with van der Waals surface area (Å²) >= 11 is 0. The van der Waals surface area contributed by atoms with Crippen LogP contribution in [0.4, 0.5) is 0 Å². The number of aliphatic hydroxyl groups is 1. The van der Waals surface area contributed by atoms with Gasteiger partial charge in [-0.05, 0) is 81.5 Å². The molecule has 4 rings (SSSR count). The molecule has 0 aromatic heterocycles. The topological polar surface area (TPSA) is 46.5 Å². The summed E-state index contributed by atoms with van der Waals surface area (Å²) in [6.07, 6.45) is 10.7. The first kappa shape index (κ1) is 17.7. The number of rotatable bonds is 2. The highest BCUT2D eigenvalue weighted by Gasteiger charge is 2.66. The Morgan fingerprint density at radius 1 is 1.16 bits per heavy atom. The Hall–Kier alpha value is -0.670. The third-order valence-corrected chi connectivity index (χ3v) is 9.11. The van der Waals surface area contributed by atoms with E-state index in [0.717, 1.165) is 44.9 Å². The van der Waals surface area contributed by atoms with Gasteiger partial charge in [-0.25, -0.2) is 0 Å². The molecule has 0 aromatic carbocycles. The van der Waals surface area contributed by atoms with Gasteiger partial charge in [0.2, 0.25) is 0 Å². The summed E-state index contributed by atoms with van der Waals surface area (Å²) < 4.78 is 5.96. The molecule has 25 heavy (non-hydrogen) atoms. The van der Waals surface area contributed by atoms with Gasteiger partial charge in [0.1, 0.15) is 5.60 Å². The van der Waals surface area contributed by atoms with E-state index in [1.807, 2.05) is 0 Å².